The van der Waals surface area contributed by atoms with Gasteiger partial charge in [-0.05, 0) is 24.3 Å². The van der Waals surface area contributed by atoms with Crippen LogP contribution in [0.5, 0.6) is 0 Å². The minimum Gasteiger partial charge on any atom is -0.376 e. The third kappa shape index (κ3) is 3.08. The summed E-state index contributed by atoms with van der Waals surface area (Å²) in [6, 6.07) is 6.03. The molecule has 2 aromatic rings. The van der Waals surface area contributed by atoms with Gasteiger partial charge in [0.1, 0.15) is 5.82 Å². The molecule has 2 heterocycles. The predicted molar refractivity (Wildman–Crippen MR) is 77.4 cm³/mol. The molecule has 21 heavy (non-hydrogen) atoms. The number of benzene rings is 1. The third-order valence-corrected chi connectivity index (χ3v) is 3.61. The van der Waals surface area contributed by atoms with E-state index in [1.54, 1.807) is 12.1 Å². The van der Waals surface area contributed by atoms with E-state index < -0.39 is 11.7 Å². The molecule has 7 heteroatoms. The molecule has 1 amide bonds. The van der Waals surface area contributed by atoms with E-state index in [2.05, 4.69) is 31.4 Å². The number of nitrogens with zero attached hydrogens (tertiary/aromatic N) is 2. The van der Waals surface area contributed by atoms with E-state index in [9.17, 15) is 9.18 Å². The van der Waals surface area contributed by atoms with Crippen LogP contribution < -0.4 is 5.32 Å². The second-order valence-electron chi connectivity index (χ2n) is 4.58. The Hall–Kier alpha value is -1.86. The van der Waals surface area contributed by atoms with Crippen LogP contribution in [0.15, 0.2) is 28.7 Å². The molecule has 5 nitrogen and oxygen atoms in total. The summed E-state index contributed by atoms with van der Waals surface area (Å²) in [7, 11) is 0. The zero-order valence-corrected chi connectivity index (χ0v) is 12.5. The summed E-state index contributed by atoms with van der Waals surface area (Å²) in [5, 5.41) is 10.4. The Morgan fingerprint density at radius 2 is 2.19 bits per heavy atom. The first kappa shape index (κ1) is 14.1. The Labute approximate surface area is 128 Å². The Kier molecular flexibility index (Phi) is 3.94. The van der Waals surface area contributed by atoms with E-state index in [1.165, 1.54) is 12.1 Å². The maximum absolute atomic E-state index is 13.7. The monoisotopic (exact) mass is 351 g/mol. The first-order valence-corrected chi connectivity index (χ1v) is 7.12. The SMILES string of the molecule is O=C(Nc1ccc(Br)cc1F)c1cc2c(nn1)CCOC2. The summed E-state index contributed by atoms with van der Waals surface area (Å²) < 4.78 is 19.6. The summed E-state index contributed by atoms with van der Waals surface area (Å²) in [6.07, 6.45) is 0.686. The van der Waals surface area contributed by atoms with E-state index in [-0.39, 0.29) is 11.4 Å². The van der Waals surface area contributed by atoms with Crippen molar-refractivity contribution >= 4 is 27.5 Å². The van der Waals surface area contributed by atoms with Crippen molar-refractivity contribution in [2.45, 2.75) is 13.0 Å². The number of hydrogen-bond acceptors (Lipinski definition) is 4. The highest BCUT2D eigenvalue weighted by molar-refractivity contribution is 9.10. The lowest BCUT2D eigenvalue weighted by atomic mass is 10.1. The first-order valence-electron chi connectivity index (χ1n) is 6.33. The molecule has 1 aliphatic rings. The number of fused-ring (bicyclic) bond motifs is 1. The van der Waals surface area contributed by atoms with Crippen LogP contribution in [0.2, 0.25) is 0 Å². The number of anilines is 1. The maximum Gasteiger partial charge on any atom is 0.276 e. The fourth-order valence-electron chi connectivity index (χ4n) is 2.03. The molecular formula is C14H11BrFN3O2. The lowest BCUT2D eigenvalue weighted by Gasteiger charge is -2.15. The topological polar surface area (TPSA) is 64.1 Å². The van der Waals surface area contributed by atoms with Crippen molar-refractivity contribution < 1.29 is 13.9 Å². The summed E-state index contributed by atoms with van der Waals surface area (Å²) in [4.78, 5) is 12.1. The number of aromatic nitrogens is 2. The van der Waals surface area contributed by atoms with Gasteiger partial charge in [-0.3, -0.25) is 4.79 Å². The number of nitrogens with one attached hydrogen (secondary N) is 1. The molecule has 0 unspecified atom stereocenters. The van der Waals surface area contributed by atoms with Gasteiger partial charge in [0.05, 0.1) is 24.6 Å². The van der Waals surface area contributed by atoms with Gasteiger partial charge in [0.15, 0.2) is 5.69 Å². The smallest absolute Gasteiger partial charge is 0.276 e. The van der Waals surface area contributed by atoms with Gasteiger partial charge in [0, 0.05) is 16.5 Å². The molecule has 0 saturated carbocycles. The zero-order valence-electron chi connectivity index (χ0n) is 10.9. The molecule has 1 aromatic carbocycles. The van der Waals surface area contributed by atoms with Crippen molar-refractivity contribution in [1.82, 2.24) is 10.2 Å². The highest BCUT2D eigenvalue weighted by Gasteiger charge is 2.17. The van der Waals surface area contributed by atoms with Gasteiger partial charge in [-0.25, -0.2) is 4.39 Å². The molecule has 1 aliphatic heterocycles. The lowest BCUT2D eigenvalue weighted by Crippen LogP contribution is -2.19. The molecule has 1 aromatic heterocycles. The molecule has 0 bridgehead atoms. The van der Waals surface area contributed by atoms with Gasteiger partial charge in [-0.2, -0.15) is 5.10 Å². The van der Waals surface area contributed by atoms with Crippen molar-refractivity contribution in [2.75, 3.05) is 11.9 Å². The Morgan fingerprint density at radius 1 is 1.33 bits per heavy atom. The molecule has 0 radical (unpaired) electrons. The van der Waals surface area contributed by atoms with Crippen molar-refractivity contribution in [3.63, 3.8) is 0 Å². The largest absolute Gasteiger partial charge is 0.376 e. The predicted octanol–water partition coefficient (Wildman–Crippen LogP) is 2.70. The van der Waals surface area contributed by atoms with Crippen LogP contribution in [0.4, 0.5) is 10.1 Å². The standard InChI is InChI=1S/C14H11BrFN3O2/c15-9-1-2-12(10(16)6-9)17-14(20)13-5-8-7-21-4-3-11(8)18-19-13/h1-2,5-6H,3-4,7H2,(H,17,20). The number of carbonyl (C=O) groups excluding carboxylic acids is 1. The summed E-state index contributed by atoms with van der Waals surface area (Å²) in [6.45, 7) is 1.02. The zero-order chi connectivity index (χ0) is 14.8. The van der Waals surface area contributed by atoms with E-state index >= 15 is 0 Å². The molecular weight excluding hydrogens is 341 g/mol. The fraction of sp³-hybridized carbons (Fsp3) is 0.214. The van der Waals surface area contributed by atoms with Crippen molar-refractivity contribution in [3.8, 4) is 0 Å². The van der Waals surface area contributed by atoms with Crippen LogP contribution >= 0.6 is 15.9 Å². The third-order valence-electron chi connectivity index (χ3n) is 3.11. The van der Waals surface area contributed by atoms with Gasteiger partial charge in [0.2, 0.25) is 0 Å². The average Bonchev–Trinajstić information content (AvgIpc) is 2.49. The van der Waals surface area contributed by atoms with Crippen LogP contribution in [0.3, 0.4) is 0 Å². The molecule has 0 atom stereocenters. The maximum atomic E-state index is 13.7. The molecule has 0 spiro atoms. The molecule has 108 valence electrons. The van der Waals surface area contributed by atoms with Crippen molar-refractivity contribution in [3.05, 3.63) is 51.5 Å². The number of amides is 1. The number of halogens is 2. The Morgan fingerprint density at radius 3 is 3.00 bits per heavy atom. The van der Waals surface area contributed by atoms with Crippen molar-refractivity contribution in [2.24, 2.45) is 0 Å². The minimum atomic E-state index is -0.521. The van der Waals surface area contributed by atoms with Gasteiger partial charge < -0.3 is 10.1 Å². The summed E-state index contributed by atoms with van der Waals surface area (Å²) in [5.74, 6) is -1.02. The fourth-order valence-corrected chi connectivity index (χ4v) is 2.36. The van der Waals surface area contributed by atoms with E-state index in [0.29, 0.717) is 24.1 Å². The Bertz CT molecular complexity index is 709. The lowest BCUT2D eigenvalue weighted by molar-refractivity contribution is 0.101. The molecule has 0 fully saturated rings. The van der Waals surface area contributed by atoms with Crippen molar-refractivity contribution in [1.29, 1.82) is 0 Å². The average molecular weight is 352 g/mol. The van der Waals surface area contributed by atoms with Crippen LogP contribution in [-0.2, 0) is 17.8 Å². The van der Waals surface area contributed by atoms with Gasteiger partial charge >= 0.3 is 0 Å². The van der Waals surface area contributed by atoms with E-state index in [0.717, 1.165) is 11.3 Å². The second kappa shape index (κ2) is 5.87. The normalized spacial score (nSPS) is 13.6. The summed E-state index contributed by atoms with van der Waals surface area (Å²) >= 11 is 3.16. The quantitative estimate of drug-likeness (QED) is 0.903. The van der Waals surface area contributed by atoms with Crippen LogP contribution in [0.25, 0.3) is 0 Å². The molecule has 1 N–H and O–H groups in total. The van der Waals surface area contributed by atoms with Gasteiger partial charge in [-0.1, -0.05) is 15.9 Å². The molecule has 0 aliphatic carbocycles. The Balaban J connectivity index is 1.82. The number of carbonyl (C=O) groups is 1. The first-order chi connectivity index (χ1) is 10.1. The highest BCUT2D eigenvalue weighted by Crippen LogP contribution is 2.20. The number of ether oxygens (including phenoxy) is 1. The van der Waals surface area contributed by atoms with Crippen LogP contribution in [0, 0.1) is 5.82 Å². The van der Waals surface area contributed by atoms with E-state index in [1.807, 2.05) is 0 Å². The molecule has 0 saturated heterocycles. The van der Waals surface area contributed by atoms with Crippen LogP contribution in [-0.4, -0.2) is 22.7 Å². The van der Waals surface area contributed by atoms with Gasteiger partial charge in [0.25, 0.3) is 5.91 Å². The second-order valence-corrected chi connectivity index (χ2v) is 5.50. The highest BCUT2D eigenvalue weighted by atomic mass is 79.9. The van der Waals surface area contributed by atoms with Crippen LogP contribution in [0.1, 0.15) is 21.7 Å². The minimum absolute atomic E-state index is 0.0963. The molecule has 3 rings (SSSR count). The van der Waals surface area contributed by atoms with E-state index in [4.69, 9.17) is 4.74 Å². The van der Waals surface area contributed by atoms with Gasteiger partial charge in [-0.15, -0.1) is 5.10 Å². The number of hydrogen-bond donors (Lipinski definition) is 1. The summed E-state index contributed by atoms with van der Waals surface area (Å²) in [5.41, 5.74) is 1.92. The number of rotatable bonds is 2.